The number of hydrogen-bond donors (Lipinski definition) is 1. The molecular formula is C5H8ClNO2. The quantitative estimate of drug-likeness (QED) is 0.598. The third kappa shape index (κ3) is 2.39. The Morgan fingerprint density at radius 2 is 2.22 bits per heavy atom. The third-order valence-electron chi connectivity index (χ3n) is 0.754. The Bertz CT molecular complexity index is 133. The van der Waals surface area contributed by atoms with E-state index in [1.807, 2.05) is 0 Å². The van der Waals surface area contributed by atoms with Gasteiger partial charge in [0.15, 0.2) is 5.76 Å². The molecular weight excluding hydrogens is 142 g/mol. The summed E-state index contributed by atoms with van der Waals surface area (Å²) in [5, 5.41) is 0. The second-order valence-electron chi connectivity index (χ2n) is 1.31. The lowest BCUT2D eigenvalue weighted by Gasteiger charge is -2.05. The minimum atomic E-state index is 0. The molecule has 1 aliphatic rings. The van der Waals surface area contributed by atoms with Crippen molar-refractivity contribution >= 4 is 12.4 Å². The molecule has 0 aromatic carbocycles. The van der Waals surface area contributed by atoms with E-state index in [0.717, 1.165) is 0 Å². The van der Waals surface area contributed by atoms with Gasteiger partial charge in [-0.25, -0.2) is 0 Å². The molecule has 0 atom stereocenters. The van der Waals surface area contributed by atoms with Crippen LogP contribution in [0.25, 0.3) is 0 Å². The van der Waals surface area contributed by atoms with Crippen LogP contribution in [0.5, 0.6) is 0 Å². The number of nitrogens with two attached hydrogens (primary N) is 1. The first-order valence-corrected chi connectivity index (χ1v) is 2.30. The second kappa shape index (κ2) is 4.23. The van der Waals surface area contributed by atoms with E-state index in [-0.39, 0.29) is 12.4 Å². The van der Waals surface area contributed by atoms with E-state index in [1.165, 1.54) is 18.8 Å². The van der Waals surface area contributed by atoms with Gasteiger partial charge in [0.05, 0.1) is 6.54 Å². The van der Waals surface area contributed by atoms with Crippen molar-refractivity contribution in [1.82, 2.24) is 0 Å². The van der Waals surface area contributed by atoms with E-state index in [1.54, 1.807) is 0 Å². The fourth-order valence-electron chi connectivity index (χ4n) is 0.386. The van der Waals surface area contributed by atoms with Crippen LogP contribution in [0.1, 0.15) is 0 Å². The highest BCUT2D eigenvalue weighted by Gasteiger charge is 1.94. The highest BCUT2D eigenvalue weighted by atomic mass is 35.5. The van der Waals surface area contributed by atoms with Crippen molar-refractivity contribution < 1.29 is 9.47 Å². The Kier molecular flexibility index (Phi) is 3.92. The molecule has 0 amide bonds. The van der Waals surface area contributed by atoms with E-state index in [4.69, 9.17) is 15.2 Å². The van der Waals surface area contributed by atoms with Crippen LogP contribution in [-0.4, -0.2) is 6.54 Å². The van der Waals surface area contributed by atoms with Crippen molar-refractivity contribution in [3.8, 4) is 0 Å². The molecule has 0 aromatic heterocycles. The van der Waals surface area contributed by atoms with Crippen molar-refractivity contribution in [1.29, 1.82) is 0 Å². The van der Waals surface area contributed by atoms with Gasteiger partial charge in [0.25, 0.3) is 0 Å². The molecule has 0 aromatic rings. The first-order valence-electron chi connectivity index (χ1n) is 2.30. The van der Waals surface area contributed by atoms with Crippen LogP contribution >= 0.6 is 12.4 Å². The summed E-state index contributed by atoms with van der Waals surface area (Å²) in [4.78, 5) is 0. The molecule has 0 unspecified atom stereocenters. The lowest BCUT2D eigenvalue weighted by Crippen LogP contribution is -2.05. The largest absolute Gasteiger partial charge is 0.466 e. The van der Waals surface area contributed by atoms with Gasteiger partial charge >= 0.3 is 0 Å². The summed E-state index contributed by atoms with van der Waals surface area (Å²) >= 11 is 0. The zero-order valence-electron chi connectivity index (χ0n) is 4.74. The normalized spacial score (nSPS) is 14.6. The maximum atomic E-state index is 5.20. The summed E-state index contributed by atoms with van der Waals surface area (Å²) in [5.74, 6) is 0.646. The van der Waals surface area contributed by atoms with Crippen molar-refractivity contribution in [2.75, 3.05) is 6.54 Å². The summed E-state index contributed by atoms with van der Waals surface area (Å²) in [6, 6.07) is 0. The van der Waals surface area contributed by atoms with Crippen LogP contribution in [0.15, 0.2) is 24.5 Å². The Morgan fingerprint density at radius 1 is 1.44 bits per heavy atom. The van der Waals surface area contributed by atoms with Gasteiger partial charge in [-0.2, -0.15) is 0 Å². The molecule has 0 saturated heterocycles. The molecule has 0 bridgehead atoms. The molecule has 0 saturated carbocycles. The van der Waals surface area contributed by atoms with Gasteiger partial charge in [0.1, 0.15) is 18.8 Å². The summed E-state index contributed by atoms with van der Waals surface area (Å²) in [6.45, 7) is 0.379. The van der Waals surface area contributed by atoms with E-state index in [0.29, 0.717) is 12.3 Å². The third-order valence-corrected chi connectivity index (χ3v) is 0.754. The van der Waals surface area contributed by atoms with Gasteiger partial charge in [-0.05, 0) is 0 Å². The molecule has 4 heteroatoms. The maximum absolute atomic E-state index is 5.20. The van der Waals surface area contributed by atoms with Gasteiger partial charge < -0.3 is 15.2 Å². The Balaban J connectivity index is 0.000000640. The Morgan fingerprint density at radius 3 is 2.56 bits per heavy atom. The molecule has 9 heavy (non-hydrogen) atoms. The first-order chi connectivity index (χ1) is 3.93. The predicted octanol–water partition coefficient (Wildman–Crippen LogP) is 0.726. The zero-order valence-corrected chi connectivity index (χ0v) is 5.56. The first kappa shape index (κ1) is 8.33. The number of halogens is 1. The molecule has 1 aliphatic heterocycles. The maximum Gasteiger partial charge on any atom is 0.152 e. The molecule has 0 aliphatic carbocycles. The van der Waals surface area contributed by atoms with Gasteiger partial charge in [-0.1, -0.05) is 0 Å². The van der Waals surface area contributed by atoms with Crippen LogP contribution < -0.4 is 5.73 Å². The van der Waals surface area contributed by atoms with Crippen LogP contribution in [0.2, 0.25) is 0 Å². The van der Waals surface area contributed by atoms with Crippen LogP contribution in [-0.2, 0) is 9.47 Å². The fraction of sp³-hybridized carbons (Fsp3) is 0.200. The average Bonchev–Trinajstić information content (AvgIpc) is 1.90. The lowest BCUT2D eigenvalue weighted by molar-refractivity contribution is 0.254. The van der Waals surface area contributed by atoms with Gasteiger partial charge in [-0.15, -0.1) is 12.4 Å². The van der Waals surface area contributed by atoms with Gasteiger partial charge in [0.2, 0.25) is 0 Å². The molecule has 1 rings (SSSR count). The minimum Gasteiger partial charge on any atom is -0.466 e. The summed E-state index contributed by atoms with van der Waals surface area (Å²) in [7, 11) is 0. The van der Waals surface area contributed by atoms with Crippen LogP contribution in [0.4, 0.5) is 0 Å². The molecule has 0 radical (unpaired) electrons. The molecule has 52 valence electrons. The average molecular weight is 150 g/mol. The zero-order chi connectivity index (χ0) is 5.82. The van der Waals surface area contributed by atoms with E-state index in [9.17, 15) is 0 Å². The van der Waals surface area contributed by atoms with Gasteiger partial charge in [-0.3, -0.25) is 0 Å². The van der Waals surface area contributed by atoms with E-state index < -0.39 is 0 Å². The number of ether oxygens (including phenoxy) is 2. The molecule has 0 fully saturated rings. The Labute approximate surface area is 59.5 Å². The summed E-state index contributed by atoms with van der Waals surface area (Å²) in [6.07, 6.45) is 4.36. The van der Waals surface area contributed by atoms with Crippen LogP contribution in [0, 0.1) is 0 Å². The topological polar surface area (TPSA) is 44.5 Å². The molecule has 2 N–H and O–H groups in total. The molecule has 0 spiro atoms. The fourth-order valence-corrected chi connectivity index (χ4v) is 0.386. The van der Waals surface area contributed by atoms with Crippen LogP contribution in [0.3, 0.4) is 0 Å². The minimum absolute atomic E-state index is 0. The standard InChI is InChI=1S/C5H7NO2.ClH/c6-3-5-4-7-1-2-8-5;/h1-2,4H,3,6H2;1H. The number of hydrogen-bond acceptors (Lipinski definition) is 3. The molecule has 1 heterocycles. The SMILES string of the molecule is Cl.NCC1=COC=CO1. The monoisotopic (exact) mass is 149 g/mol. The Hall–Kier alpha value is -0.670. The number of rotatable bonds is 1. The lowest BCUT2D eigenvalue weighted by atomic mass is 10.5. The van der Waals surface area contributed by atoms with Crippen molar-refractivity contribution in [3.63, 3.8) is 0 Å². The van der Waals surface area contributed by atoms with E-state index in [2.05, 4.69) is 0 Å². The predicted molar refractivity (Wildman–Crippen MR) is 35.7 cm³/mol. The van der Waals surface area contributed by atoms with Crippen molar-refractivity contribution in [3.05, 3.63) is 24.5 Å². The van der Waals surface area contributed by atoms with Crippen molar-refractivity contribution in [2.45, 2.75) is 0 Å². The van der Waals surface area contributed by atoms with E-state index >= 15 is 0 Å². The second-order valence-corrected chi connectivity index (χ2v) is 1.31. The highest BCUT2D eigenvalue weighted by molar-refractivity contribution is 5.85. The molecule has 3 nitrogen and oxygen atoms in total. The highest BCUT2D eigenvalue weighted by Crippen LogP contribution is 2.01. The van der Waals surface area contributed by atoms with Crippen molar-refractivity contribution in [2.24, 2.45) is 5.73 Å². The summed E-state index contributed by atoms with van der Waals surface area (Å²) < 4.78 is 9.58. The summed E-state index contributed by atoms with van der Waals surface area (Å²) in [5.41, 5.74) is 5.20. The van der Waals surface area contributed by atoms with Gasteiger partial charge in [0, 0.05) is 0 Å². The smallest absolute Gasteiger partial charge is 0.152 e.